The van der Waals surface area contributed by atoms with Crippen molar-refractivity contribution in [2.75, 3.05) is 37.7 Å². The number of hydrogen-bond donors (Lipinski definition) is 0. The Bertz CT molecular complexity index is 1150. The first-order valence-electron chi connectivity index (χ1n) is 11.4. The normalized spacial score (nSPS) is 14.3. The fourth-order valence-electron chi connectivity index (χ4n) is 4.38. The second-order valence-electron chi connectivity index (χ2n) is 8.22. The maximum Gasteiger partial charge on any atom is 0.271 e. The summed E-state index contributed by atoms with van der Waals surface area (Å²) < 4.78 is 14.6. The number of hydrogen-bond acceptors (Lipinski definition) is 7. The maximum atomic E-state index is 12.4. The zero-order valence-electron chi connectivity index (χ0n) is 18.8. The van der Waals surface area contributed by atoms with Crippen LogP contribution in [0.1, 0.15) is 27.5 Å². The average molecular weight is 471 g/mol. The van der Waals surface area contributed by atoms with Gasteiger partial charge in [-0.25, -0.2) is 0 Å². The number of rotatable bonds is 8. The first kappa shape index (κ1) is 22.3. The van der Waals surface area contributed by atoms with E-state index in [4.69, 9.17) is 4.74 Å². The molecule has 0 aliphatic carbocycles. The van der Waals surface area contributed by atoms with E-state index in [1.807, 2.05) is 18.2 Å². The van der Waals surface area contributed by atoms with Gasteiger partial charge in [0, 0.05) is 31.7 Å². The van der Waals surface area contributed by atoms with Crippen LogP contribution in [-0.4, -0.2) is 52.2 Å². The number of ether oxygens (including phenoxy) is 1. The Kier molecular flexibility index (Phi) is 6.93. The zero-order chi connectivity index (χ0) is 23.2. The lowest BCUT2D eigenvalue weighted by atomic mass is 9.96. The molecular formula is C27H26N4O2S. The molecule has 0 radical (unpaired) electrons. The third-order valence-corrected chi connectivity index (χ3v) is 6.59. The SMILES string of the molecule is O=C(COc1nsnc1N1CCN(C(c2ccccc2)c2ccccc2)CC1)c1ccccc1. The predicted molar refractivity (Wildman–Crippen MR) is 135 cm³/mol. The summed E-state index contributed by atoms with van der Waals surface area (Å²) in [7, 11) is 0. The number of ketones is 1. The van der Waals surface area contributed by atoms with E-state index < -0.39 is 0 Å². The van der Waals surface area contributed by atoms with Crippen molar-refractivity contribution in [2.45, 2.75) is 6.04 Å². The van der Waals surface area contributed by atoms with E-state index in [1.165, 1.54) is 11.1 Å². The highest BCUT2D eigenvalue weighted by atomic mass is 32.1. The van der Waals surface area contributed by atoms with Gasteiger partial charge in [0.05, 0.1) is 17.8 Å². The van der Waals surface area contributed by atoms with Crippen LogP contribution in [0.2, 0.25) is 0 Å². The molecule has 1 aliphatic heterocycles. The highest BCUT2D eigenvalue weighted by Gasteiger charge is 2.29. The first-order chi connectivity index (χ1) is 16.8. The van der Waals surface area contributed by atoms with Crippen LogP contribution in [0.15, 0.2) is 91.0 Å². The maximum absolute atomic E-state index is 12.4. The molecule has 6 nitrogen and oxygen atoms in total. The Balaban J connectivity index is 1.26. The van der Waals surface area contributed by atoms with Crippen molar-refractivity contribution in [3.8, 4) is 5.88 Å². The van der Waals surface area contributed by atoms with Crippen molar-refractivity contribution in [2.24, 2.45) is 0 Å². The van der Waals surface area contributed by atoms with Crippen LogP contribution in [0.25, 0.3) is 0 Å². The quantitative estimate of drug-likeness (QED) is 0.348. The van der Waals surface area contributed by atoms with Crippen molar-refractivity contribution in [3.05, 3.63) is 108 Å². The van der Waals surface area contributed by atoms with Crippen molar-refractivity contribution in [1.82, 2.24) is 13.6 Å². The Labute approximate surface area is 203 Å². The van der Waals surface area contributed by atoms with Crippen LogP contribution in [-0.2, 0) is 0 Å². The zero-order valence-corrected chi connectivity index (χ0v) is 19.6. The molecule has 0 bridgehead atoms. The van der Waals surface area contributed by atoms with Crippen molar-refractivity contribution < 1.29 is 9.53 Å². The molecule has 0 atom stereocenters. The lowest BCUT2D eigenvalue weighted by Crippen LogP contribution is -2.48. The average Bonchev–Trinajstić information content (AvgIpc) is 3.38. The summed E-state index contributed by atoms with van der Waals surface area (Å²) in [6.07, 6.45) is 0. The van der Waals surface area contributed by atoms with Gasteiger partial charge in [0.25, 0.3) is 5.88 Å². The second-order valence-corrected chi connectivity index (χ2v) is 8.75. The topological polar surface area (TPSA) is 58.6 Å². The van der Waals surface area contributed by atoms with E-state index in [-0.39, 0.29) is 18.4 Å². The van der Waals surface area contributed by atoms with Gasteiger partial charge in [-0.1, -0.05) is 91.0 Å². The molecule has 4 aromatic rings. The fraction of sp³-hybridized carbons (Fsp3) is 0.222. The molecule has 0 saturated carbocycles. The number of Topliss-reactive ketones (excluding diaryl/α,β-unsaturated/α-hetero) is 1. The minimum absolute atomic E-state index is 0.0491. The van der Waals surface area contributed by atoms with Crippen LogP contribution < -0.4 is 9.64 Å². The lowest BCUT2D eigenvalue weighted by Gasteiger charge is -2.39. The van der Waals surface area contributed by atoms with Gasteiger partial charge in [-0.3, -0.25) is 9.69 Å². The van der Waals surface area contributed by atoms with Crippen LogP contribution >= 0.6 is 11.7 Å². The highest BCUT2D eigenvalue weighted by molar-refractivity contribution is 6.99. The van der Waals surface area contributed by atoms with E-state index in [9.17, 15) is 4.79 Å². The van der Waals surface area contributed by atoms with Gasteiger partial charge in [0.15, 0.2) is 12.4 Å². The highest BCUT2D eigenvalue weighted by Crippen LogP contribution is 2.32. The number of carbonyl (C=O) groups excluding carboxylic acids is 1. The van der Waals surface area contributed by atoms with Gasteiger partial charge in [-0.15, -0.1) is 4.37 Å². The minimum Gasteiger partial charge on any atom is -0.466 e. The van der Waals surface area contributed by atoms with E-state index in [0.717, 1.165) is 43.7 Å². The van der Waals surface area contributed by atoms with Crippen molar-refractivity contribution in [1.29, 1.82) is 0 Å². The van der Waals surface area contributed by atoms with Crippen LogP contribution in [0.4, 0.5) is 5.82 Å². The molecule has 34 heavy (non-hydrogen) atoms. The molecule has 1 aromatic heterocycles. The summed E-state index contributed by atoms with van der Waals surface area (Å²) in [6.45, 7) is 3.34. The Morgan fingerprint density at radius 2 is 1.35 bits per heavy atom. The summed E-state index contributed by atoms with van der Waals surface area (Å²) in [4.78, 5) is 17.1. The molecule has 0 unspecified atom stereocenters. The van der Waals surface area contributed by atoms with E-state index >= 15 is 0 Å². The molecule has 0 N–H and O–H groups in total. The fourth-order valence-corrected chi connectivity index (χ4v) is 4.90. The summed E-state index contributed by atoms with van der Waals surface area (Å²) in [5.74, 6) is 1.09. The predicted octanol–water partition coefficient (Wildman–Crippen LogP) is 4.71. The summed E-state index contributed by atoms with van der Waals surface area (Å²) >= 11 is 1.12. The summed E-state index contributed by atoms with van der Waals surface area (Å²) in [5, 5.41) is 0. The van der Waals surface area contributed by atoms with Gasteiger partial charge >= 0.3 is 0 Å². The molecular weight excluding hydrogens is 444 g/mol. The van der Waals surface area contributed by atoms with Crippen LogP contribution in [0.3, 0.4) is 0 Å². The summed E-state index contributed by atoms with van der Waals surface area (Å²) in [5.41, 5.74) is 3.22. The molecule has 2 heterocycles. The molecule has 0 amide bonds. The molecule has 3 aromatic carbocycles. The summed E-state index contributed by atoms with van der Waals surface area (Å²) in [6, 6.07) is 30.7. The third-order valence-electron chi connectivity index (χ3n) is 6.09. The number of carbonyl (C=O) groups is 1. The van der Waals surface area contributed by atoms with E-state index in [2.05, 4.69) is 79.2 Å². The third kappa shape index (κ3) is 5.00. The van der Waals surface area contributed by atoms with Crippen molar-refractivity contribution in [3.63, 3.8) is 0 Å². The van der Waals surface area contributed by atoms with Gasteiger partial charge in [-0.05, 0) is 11.1 Å². The Morgan fingerprint density at radius 1 is 0.794 bits per heavy atom. The number of piperazine rings is 1. The molecule has 0 spiro atoms. The van der Waals surface area contributed by atoms with E-state index in [0.29, 0.717) is 11.4 Å². The Hall–Kier alpha value is -3.55. The Morgan fingerprint density at radius 3 is 1.94 bits per heavy atom. The van der Waals surface area contributed by atoms with Gasteiger partial charge < -0.3 is 9.64 Å². The smallest absolute Gasteiger partial charge is 0.271 e. The molecule has 1 saturated heterocycles. The van der Waals surface area contributed by atoms with Gasteiger partial charge in [-0.2, -0.15) is 4.37 Å². The second kappa shape index (κ2) is 10.6. The minimum atomic E-state index is -0.0714. The molecule has 172 valence electrons. The monoisotopic (exact) mass is 470 g/mol. The largest absolute Gasteiger partial charge is 0.466 e. The first-order valence-corrected chi connectivity index (χ1v) is 12.1. The number of nitrogens with zero attached hydrogens (tertiary/aromatic N) is 4. The van der Waals surface area contributed by atoms with Crippen LogP contribution in [0.5, 0.6) is 5.88 Å². The van der Waals surface area contributed by atoms with E-state index in [1.54, 1.807) is 12.1 Å². The standard InChI is InChI=1S/C27H26N4O2S/c32-24(21-10-4-1-5-11-21)20-33-27-26(28-34-29-27)31-18-16-30(17-19-31)25(22-12-6-2-7-13-22)23-14-8-3-9-15-23/h1-15,25H,16-20H2. The molecule has 7 heteroatoms. The number of benzene rings is 3. The lowest BCUT2D eigenvalue weighted by molar-refractivity contribution is 0.0919. The molecule has 1 fully saturated rings. The van der Waals surface area contributed by atoms with Crippen molar-refractivity contribution >= 4 is 23.3 Å². The molecule has 5 rings (SSSR count). The van der Waals surface area contributed by atoms with Gasteiger partial charge in [0.1, 0.15) is 0 Å². The van der Waals surface area contributed by atoms with Crippen LogP contribution in [0, 0.1) is 0 Å². The van der Waals surface area contributed by atoms with Gasteiger partial charge in [0.2, 0.25) is 5.82 Å². The number of anilines is 1. The molecule has 1 aliphatic rings. The number of aromatic nitrogens is 2.